The minimum Gasteiger partial charge on any atom is -0.364 e. The van der Waals surface area contributed by atoms with Crippen molar-refractivity contribution < 1.29 is 4.79 Å². The molecular formula is C26H32N4O. The van der Waals surface area contributed by atoms with Gasteiger partial charge in [-0.2, -0.15) is 0 Å². The van der Waals surface area contributed by atoms with E-state index in [1.807, 2.05) is 11.0 Å². The Balaban J connectivity index is 1.60. The van der Waals surface area contributed by atoms with E-state index in [0.29, 0.717) is 12.2 Å². The second kappa shape index (κ2) is 7.70. The van der Waals surface area contributed by atoms with Crippen LogP contribution in [0.4, 0.5) is 5.82 Å². The number of nitrogens with zero attached hydrogens (tertiary/aromatic N) is 3. The third-order valence-electron chi connectivity index (χ3n) is 7.19. The average Bonchev–Trinajstić information content (AvgIpc) is 3.49. The molecule has 1 saturated carbocycles. The first-order valence-corrected chi connectivity index (χ1v) is 11.5. The number of aryl methyl sites for hydroxylation is 3. The number of pyridine rings is 1. The number of fused-ring (bicyclic) bond motifs is 1. The fourth-order valence-electron chi connectivity index (χ4n) is 4.66. The Morgan fingerprint density at radius 2 is 1.84 bits per heavy atom. The summed E-state index contributed by atoms with van der Waals surface area (Å²) in [5, 5.41) is 4.78. The van der Waals surface area contributed by atoms with Crippen molar-refractivity contribution in [1.82, 2.24) is 14.5 Å². The lowest BCUT2D eigenvalue weighted by molar-refractivity contribution is 0.0646. The van der Waals surface area contributed by atoms with Crippen molar-refractivity contribution in [1.29, 1.82) is 0 Å². The van der Waals surface area contributed by atoms with Crippen LogP contribution in [-0.4, -0.2) is 33.4 Å². The molecule has 2 aliphatic rings. The highest BCUT2D eigenvalue weighted by molar-refractivity contribution is 6.01. The summed E-state index contributed by atoms with van der Waals surface area (Å²) in [6.45, 7) is 12.1. The maximum Gasteiger partial charge on any atom is 0.272 e. The molecule has 162 valence electrons. The van der Waals surface area contributed by atoms with Gasteiger partial charge in [-0.05, 0) is 81.2 Å². The molecule has 5 rings (SSSR count). The molecular weight excluding hydrogens is 384 g/mol. The second-order valence-corrected chi connectivity index (χ2v) is 9.39. The zero-order valence-corrected chi connectivity index (χ0v) is 19.1. The van der Waals surface area contributed by atoms with Gasteiger partial charge in [-0.3, -0.25) is 4.79 Å². The molecule has 2 aromatic heterocycles. The number of likely N-dealkylation sites (tertiary alicyclic amines) is 1. The van der Waals surface area contributed by atoms with Gasteiger partial charge in [-0.25, -0.2) is 4.98 Å². The Morgan fingerprint density at radius 1 is 1.13 bits per heavy atom. The van der Waals surface area contributed by atoms with E-state index in [4.69, 9.17) is 4.98 Å². The zero-order valence-electron chi connectivity index (χ0n) is 19.1. The summed E-state index contributed by atoms with van der Waals surface area (Å²) in [5.41, 5.74) is 8.09. The number of benzene rings is 1. The van der Waals surface area contributed by atoms with Gasteiger partial charge in [0.15, 0.2) is 5.82 Å². The monoisotopic (exact) mass is 416 g/mol. The summed E-state index contributed by atoms with van der Waals surface area (Å²) in [4.78, 5) is 19.8. The van der Waals surface area contributed by atoms with Crippen LogP contribution in [0.5, 0.6) is 0 Å². The highest BCUT2D eigenvalue weighted by atomic mass is 16.2. The Bertz CT molecular complexity index is 1150. The normalized spacial score (nSPS) is 15.9. The maximum atomic E-state index is 13.0. The van der Waals surface area contributed by atoms with Crippen LogP contribution in [-0.2, 0) is 13.1 Å². The molecule has 0 bridgehead atoms. The quantitative estimate of drug-likeness (QED) is 0.605. The number of rotatable bonds is 6. The third-order valence-corrected chi connectivity index (χ3v) is 7.19. The first-order chi connectivity index (χ1) is 14.9. The zero-order chi connectivity index (χ0) is 21.7. The van der Waals surface area contributed by atoms with Crippen molar-refractivity contribution in [3.8, 4) is 0 Å². The van der Waals surface area contributed by atoms with Gasteiger partial charge >= 0.3 is 0 Å². The number of nitrogens with one attached hydrogen (secondary N) is 1. The van der Waals surface area contributed by atoms with Crippen LogP contribution in [0.3, 0.4) is 0 Å². The van der Waals surface area contributed by atoms with E-state index in [0.717, 1.165) is 48.7 Å². The molecule has 1 aliphatic heterocycles. The number of hydrogen-bond donors (Lipinski definition) is 1. The number of amides is 1. The summed E-state index contributed by atoms with van der Waals surface area (Å²) in [5.74, 6) is 1.65. The van der Waals surface area contributed by atoms with Crippen molar-refractivity contribution in [3.05, 3.63) is 57.9 Å². The Kier molecular flexibility index (Phi) is 4.99. The van der Waals surface area contributed by atoms with Gasteiger partial charge in [0.05, 0.1) is 5.52 Å². The molecule has 1 N–H and O–H groups in total. The molecule has 1 saturated heterocycles. The molecule has 1 aromatic carbocycles. The van der Waals surface area contributed by atoms with Crippen LogP contribution >= 0.6 is 0 Å². The minimum atomic E-state index is 0.0512. The van der Waals surface area contributed by atoms with Crippen molar-refractivity contribution in [2.45, 2.75) is 60.0 Å². The Labute approximate surface area is 184 Å². The van der Waals surface area contributed by atoms with Crippen LogP contribution in [0.15, 0.2) is 24.3 Å². The van der Waals surface area contributed by atoms with Gasteiger partial charge in [0.25, 0.3) is 5.91 Å². The van der Waals surface area contributed by atoms with Crippen LogP contribution in [0.2, 0.25) is 0 Å². The van der Waals surface area contributed by atoms with Crippen molar-refractivity contribution in [3.63, 3.8) is 0 Å². The summed E-state index contributed by atoms with van der Waals surface area (Å²) < 4.78 is 2.43. The van der Waals surface area contributed by atoms with Crippen LogP contribution in [0, 0.1) is 33.6 Å². The fourth-order valence-corrected chi connectivity index (χ4v) is 4.66. The SMILES string of the molecule is Cc1cccc(C)c1CNc1nc(C(=O)N2CCC2)cc2c(C)c(C)n(CC3CC3)c12. The highest BCUT2D eigenvalue weighted by Gasteiger charge is 2.28. The van der Waals surface area contributed by atoms with Gasteiger partial charge in [0.1, 0.15) is 5.69 Å². The molecule has 0 atom stereocenters. The van der Waals surface area contributed by atoms with Gasteiger partial charge in [-0.1, -0.05) is 18.2 Å². The van der Waals surface area contributed by atoms with E-state index < -0.39 is 0 Å². The largest absolute Gasteiger partial charge is 0.364 e. The molecule has 5 heteroatoms. The van der Waals surface area contributed by atoms with E-state index in [9.17, 15) is 4.79 Å². The minimum absolute atomic E-state index is 0.0512. The van der Waals surface area contributed by atoms with E-state index >= 15 is 0 Å². The number of anilines is 1. The van der Waals surface area contributed by atoms with Crippen LogP contribution in [0.1, 0.15) is 57.7 Å². The van der Waals surface area contributed by atoms with Gasteiger partial charge in [0.2, 0.25) is 0 Å². The third kappa shape index (κ3) is 3.60. The Morgan fingerprint density at radius 3 is 2.45 bits per heavy atom. The van der Waals surface area contributed by atoms with Crippen LogP contribution in [0.25, 0.3) is 10.9 Å². The van der Waals surface area contributed by atoms with Crippen LogP contribution < -0.4 is 5.32 Å². The molecule has 3 aromatic rings. The molecule has 5 nitrogen and oxygen atoms in total. The van der Waals surface area contributed by atoms with Crippen molar-refractivity contribution in [2.24, 2.45) is 5.92 Å². The Hall–Kier alpha value is -2.82. The van der Waals surface area contributed by atoms with Gasteiger partial charge < -0.3 is 14.8 Å². The number of carbonyl (C=O) groups is 1. The number of aromatic nitrogens is 2. The first kappa shape index (κ1) is 20.1. The summed E-state index contributed by atoms with van der Waals surface area (Å²) in [7, 11) is 0. The predicted octanol–water partition coefficient (Wildman–Crippen LogP) is 5.14. The molecule has 3 heterocycles. The molecule has 31 heavy (non-hydrogen) atoms. The van der Waals surface area contributed by atoms with Gasteiger partial charge in [0, 0.05) is 37.3 Å². The smallest absolute Gasteiger partial charge is 0.272 e. The standard InChI is InChI=1S/C26H32N4O/c1-16-7-5-8-17(2)22(16)14-27-25-24-21(13-23(28-25)26(31)29-11-6-12-29)18(3)19(4)30(24)15-20-9-10-20/h5,7-8,13,20H,6,9-12,14-15H2,1-4H3,(H,27,28). The van der Waals surface area contributed by atoms with E-state index in [2.05, 4.69) is 55.8 Å². The average molecular weight is 417 g/mol. The molecule has 0 spiro atoms. The van der Waals surface area contributed by atoms with Gasteiger partial charge in [-0.15, -0.1) is 0 Å². The highest BCUT2D eigenvalue weighted by Crippen LogP contribution is 2.37. The molecule has 0 unspecified atom stereocenters. The fraction of sp³-hybridized carbons (Fsp3) is 0.462. The summed E-state index contributed by atoms with van der Waals surface area (Å²) in [6, 6.07) is 8.43. The van der Waals surface area contributed by atoms with E-state index in [1.165, 1.54) is 40.8 Å². The second-order valence-electron chi connectivity index (χ2n) is 9.39. The van der Waals surface area contributed by atoms with E-state index in [-0.39, 0.29) is 5.91 Å². The van der Waals surface area contributed by atoms with Crippen molar-refractivity contribution >= 4 is 22.6 Å². The maximum absolute atomic E-state index is 13.0. The molecule has 0 radical (unpaired) electrons. The number of carbonyl (C=O) groups excluding carboxylic acids is 1. The molecule has 1 amide bonds. The van der Waals surface area contributed by atoms with Crippen molar-refractivity contribution in [2.75, 3.05) is 18.4 Å². The summed E-state index contributed by atoms with van der Waals surface area (Å²) in [6.07, 6.45) is 3.70. The predicted molar refractivity (Wildman–Crippen MR) is 126 cm³/mol. The topological polar surface area (TPSA) is 50.2 Å². The lowest BCUT2D eigenvalue weighted by Gasteiger charge is -2.30. The number of hydrogen-bond acceptors (Lipinski definition) is 3. The lowest BCUT2D eigenvalue weighted by Crippen LogP contribution is -2.42. The first-order valence-electron chi connectivity index (χ1n) is 11.5. The molecule has 2 fully saturated rings. The summed E-state index contributed by atoms with van der Waals surface area (Å²) >= 11 is 0. The lowest BCUT2D eigenvalue weighted by atomic mass is 10.0. The molecule has 1 aliphatic carbocycles. The van der Waals surface area contributed by atoms with E-state index in [1.54, 1.807) is 0 Å².